The van der Waals surface area contributed by atoms with E-state index in [0.29, 0.717) is 10.7 Å². The number of aromatic nitrogens is 1. The Morgan fingerprint density at radius 1 is 1.25 bits per heavy atom. The van der Waals surface area contributed by atoms with Crippen LogP contribution in [0.5, 0.6) is 0 Å². The van der Waals surface area contributed by atoms with Gasteiger partial charge >= 0.3 is 0 Å². The minimum absolute atomic E-state index is 0.440. The number of benzene rings is 1. The van der Waals surface area contributed by atoms with E-state index in [0.717, 1.165) is 23.1 Å². The van der Waals surface area contributed by atoms with Gasteiger partial charge in [0.25, 0.3) is 0 Å². The molecule has 0 N–H and O–H groups in total. The van der Waals surface area contributed by atoms with Crippen molar-refractivity contribution in [2.75, 3.05) is 0 Å². The van der Waals surface area contributed by atoms with Crippen molar-refractivity contribution in [3.05, 3.63) is 52.7 Å². The third-order valence-electron chi connectivity index (χ3n) is 2.23. The summed E-state index contributed by atoms with van der Waals surface area (Å²) in [4.78, 5) is 15.0. The molecule has 3 heteroatoms. The smallest absolute Gasteiger partial charge is 0.168 e. The molecule has 0 atom stereocenters. The molecule has 1 aromatic carbocycles. The van der Waals surface area contributed by atoms with Crippen LogP contribution in [0.1, 0.15) is 16.1 Å². The highest BCUT2D eigenvalue weighted by Gasteiger charge is 2.03. The molecule has 0 fully saturated rings. The summed E-state index contributed by atoms with van der Waals surface area (Å²) in [6.45, 7) is 1.93. The average Bonchev–Trinajstić information content (AvgIpc) is 2.28. The van der Waals surface area contributed by atoms with Gasteiger partial charge in [-0.05, 0) is 36.8 Å². The van der Waals surface area contributed by atoms with E-state index < -0.39 is 0 Å². The summed E-state index contributed by atoms with van der Waals surface area (Å²) >= 11 is 5.91. The van der Waals surface area contributed by atoms with Crippen LogP contribution in [-0.2, 0) is 0 Å². The van der Waals surface area contributed by atoms with Gasteiger partial charge in [0.05, 0.1) is 5.69 Å². The lowest BCUT2D eigenvalue weighted by atomic mass is 10.1. The van der Waals surface area contributed by atoms with Crippen LogP contribution in [0.2, 0.25) is 5.02 Å². The van der Waals surface area contributed by atoms with E-state index in [1.165, 1.54) is 0 Å². The maximum absolute atomic E-state index is 10.7. The highest BCUT2D eigenvalue weighted by atomic mass is 35.5. The van der Waals surface area contributed by atoms with Crippen molar-refractivity contribution in [2.45, 2.75) is 6.92 Å². The zero-order chi connectivity index (χ0) is 11.5. The third kappa shape index (κ3) is 2.28. The third-order valence-corrected chi connectivity index (χ3v) is 2.47. The summed E-state index contributed by atoms with van der Waals surface area (Å²) in [5.41, 5.74) is 3.13. The van der Waals surface area contributed by atoms with Crippen LogP contribution in [0, 0.1) is 6.92 Å². The number of aryl methyl sites for hydroxylation is 1. The largest absolute Gasteiger partial charge is 0.296 e. The number of hydrogen-bond acceptors (Lipinski definition) is 2. The van der Waals surface area contributed by atoms with Crippen LogP contribution in [0.25, 0.3) is 11.3 Å². The summed E-state index contributed by atoms with van der Waals surface area (Å²) in [6, 6.07) is 11.1. The van der Waals surface area contributed by atoms with E-state index in [2.05, 4.69) is 4.98 Å². The fourth-order valence-electron chi connectivity index (χ4n) is 1.55. The number of carbonyl (C=O) groups excluding carboxylic acids is 1. The molecule has 16 heavy (non-hydrogen) atoms. The van der Waals surface area contributed by atoms with E-state index in [1.54, 1.807) is 6.07 Å². The molecule has 0 aliphatic carbocycles. The number of carbonyl (C=O) groups is 1. The number of hydrogen-bond donors (Lipinski definition) is 0. The number of halogens is 1. The molecule has 2 rings (SSSR count). The van der Waals surface area contributed by atoms with Gasteiger partial charge in [-0.25, -0.2) is 4.98 Å². The molecule has 1 aromatic heterocycles. The molecule has 0 unspecified atom stereocenters. The van der Waals surface area contributed by atoms with Gasteiger partial charge in [0.2, 0.25) is 0 Å². The molecule has 0 saturated heterocycles. The van der Waals surface area contributed by atoms with E-state index in [9.17, 15) is 4.79 Å². The van der Waals surface area contributed by atoms with Gasteiger partial charge in [0, 0.05) is 10.6 Å². The highest BCUT2D eigenvalue weighted by Crippen LogP contribution is 2.21. The summed E-state index contributed by atoms with van der Waals surface area (Å²) in [5.74, 6) is 0. The van der Waals surface area contributed by atoms with Crippen LogP contribution < -0.4 is 0 Å². The molecule has 0 saturated carbocycles. The molecular formula is C13H10ClNO. The molecule has 0 aliphatic heterocycles. The topological polar surface area (TPSA) is 30.0 Å². The van der Waals surface area contributed by atoms with E-state index in [1.807, 2.05) is 37.3 Å². The van der Waals surface area contributed by atoms with Crippen molar-refractivity contribution in [2.24, 2.45) is 0 Å². The molecule has 0 amide bonds. The fourth-order valence-corrected chi connectivity index (χ4v) is 1.74. The maximum atomic E-state index is 10.7. The summed E-state index contributed by atoms with van der Waals surface area (Å²) in [7, 11) is 0. The Labute approximate surface area is 98.9 Å². The molecule has 80 valence electrons. The Kier molecular flexibility index (Phi) is 3.02. The van der Waals surface area contributed by atoms with Crippen LogP contribution in [0.3, 0.4) is 0 Å². The predicted molar refractivity (Wildman–Crippen MR) is 64.8 cm³/mol. The lowest BCUT2D eigenvalue weighted by molar-refractivity contribution is 0.111. The summed E-state index contributed by atoms with van der Waals surface area (Å²) in [6.07, 6.45) is 0.751. The standard InChI is InChI=1S/C13H10ClNO/c1-9-5-12(8-16)15-13(6-9)10-3-2-4-11(14)7-10/h2-8H,1H3. The molecule has 0 radical (unpaired) electrons. The second kappa shape index (κ2) is 4.45. The zero-order valence-electron chi connectivity index (χ0n) is 8.77. The van der Waals surface area contributed by atoms with E-state index >= 15 is 0 Å². The Morgan fingerprint density at radius 2 is 2.06 bits per heavy atom. The first-order chi connectivity index (χ1) is 7.69. The highest BCUT2D eigenvalue weighted by molar-refractivity contribution is 6.30. The molecule has 1 heterocycles. The normalized spacial score (nSPS) is 10.1. The minimum Gasteiger partial charge on any atom is -0.296 e. The van der Waals surface area contributed by atoms with Crippen molar-refractivity contribution in [1.29, 1.82) is 0 Å². The monoisotopic (exact) mass is 231 g/mol. The van der Waals surface area contributed by atoms with E-state index in [-0.39, 0.29) is 0 Å². The second-order valence-electron chi connectivity index (χ2n) is 3.58. The SMILES string of the molecule is Cc1cc(C=O)nc(-c2cccc(Cl)c2)c1. The van der Waals surface area contributed by atoms with Gasteiger partial charge in [-0.1, -0.05) is 23.7 Å². The number of pyridine rings is 1. The first-order valence-electron chi connectivity index (χ1n) is 4.89. The Bertz CT molecular complexity index is 537. The van der Waals surface area contributed by atoms with Gasteiger partial charge in [-0.3, -0.25) is 4.79 Å². The van der Waals surface area contributed by atoms with Gasteiger partial charge < -0.3 is 0 Å². The molecular weight excluding hydrogens is 222 g/mol. The van der Waals surface area contributed by atoms with Crippen LogP contribution in [-0.4, -0.2) is 11.3 Å². The van der Waals surface area contributed by atoms with E-state index in [4.69, 9.17) is 11.6 Å². The molecule has 2 nitrogen and oxygen atoms in total. The van der Waals surface area contributed by atoms with Gasteiger partial charge in [-0.15, -0.1) is 0 Å². The van der Waals surface area contributed by atoms with Crippen molar-refractivity contribution in [1.82, 2.24) is 4.98 Å². The molecule has 0 bridgehead atoms. The summed E-state index contributed by atoms with van der Waals surface area (Å²) < 4.78 is 0. The lowest BCUT2D eigenvalue weighted by Gasteiger charge is -2.03. The fraction of sp³-hybridized carbons (Fsp3) is 0.0769. The number of rotatable bonds is 2. The first-order valence-corrected chi connectivity index (χ1v) is 5.26. The maximum Gasteiger partial charge on any atom is 0.168 e. The Morgan fingerprint density at radius 3 is 2.75 bits per heavy atom. The lowest BCUT2D eigenvalue weighted by Crippen LogP contribution is -1.92. The Hall–Kier alpha value is -1.67. The summed E-state index contributed by atoms with van der Waals surface area (Å²) in [5, 5.41) is 0.661. The molecule has 2 aromatic rings. The minimum atomic E-state index is 0.440. The predicted octanol–water partition coefficient (Wildman–Crippen LogP) is 3.52. The average molecular weight is 232 g/mol. The van der Waals surface area contributed by atoms with Gasteiger partial charge in [0.15, 0.2) is 6.29 Å². The van der Waals surface area contributed by atoms with Gasteiger partial charge in [-0.2, -0.15) is 0 Å². The quantitative estimate of drug-likeness (QED) is 0.741. The second-order valence-corrected chi connectivity index (χ2v) is 4.02. The van der Waals surface area contributed by atoms with Crippen molar-refractivity contribution >= 4 is 17.9 Å². The zero-order valence-corrected chi connectivity index (χ0v) is 9.53. The first kappa shape index (κ1) is 10.8. The number of nitrogens with zero attached hydrogens (tertiary/aromatic N) is 1. The van der Waals surface area contributed by atoms with Crippen molar-refractivity contribution in [3.63, 3.8) is 0 Å². The van der Waals surface area contributed by atoms with Gasteiger partial charge in [0.1, 0.15) is 5.69 Å². The Balaban J connectivity index is 2.55. The van der Waals surface area contributed by atoms with Crippen molar-refractivity contribution in [3.8, 4) is 11.3 Å². The molecule has 0 aliphatic rings. The van der Waals surface area contributed by atoms with Crippen LogP contribution in [0.4, 0.5) is 0 Å². The number of aldehydes is 1. The molecule has 0 spiro atoms. The van der Waals surface area contributed by atoms with Crippen LogP contribution in [0.15, 0.2) is 36.4 Å². The van der Waals surface area contributed by atoms with Crippen LogP contribution >= 0.6 is 11.6 Å². The van der Waals surface area contributed by atoms with Crippen molar-refractivity contribution < 1.29 is 4.79 Å².